The largest absolute Gasteiger partial charge is 0.439 e. The van der Waals surface area contributed by atoms with Crippen LogP contribution in [0.15, 0.2) is 10.7 Å². The third kappa shape index (κ3) is 2.59. The van der Waals surface area contributed by atoms with E-state index in [1.807, 2.05) is 6.92 Å². The van der Waals surface area contributed by atoms with Crippen molar-refractivity contribution in [3.63, 3.8) is 0 Å². The number of alkyl carbamates (subject to hydrolysis) is 1. The van der Waals surface area contributed by atoms with E-state index in [-0.39, 0.29) is 5.91 Å². The SMILES string of the molecule is CCCc1oncc1C(=O)N1CCC[C@@]2(CNC(=O)O2)C1. The molecular formula is C14H19N3O4. The highest BCUT2D eigenvalue weighted by molar-refractivity contribution is 5.95. The number of rotatable bonds is 3. The van der Waals surface area contributed by atoms with Crippen LogP contribution in [0.3, 0.4) is 0 Å². The molecule has 1 aromatic heterocycles. The van der Waals surface area contributed by atoms with E-state index in [0.29, 0.717) is 37.4 Å². The van der Waals surface area contributed by atoms with Crippen molar-refractivity contribution in [2.24, 2.45) is 0 Å². The van der Waals surface area contributed by atoms with Gasteiger partial charge in [0.1, 0.15) is 16.9 Å². The van der Waals surface area contributed by atoms with Crippen LogP contribution in [-0.2, 0) is 11.2 Å². The molecule has 7 nitrogen and oxygen atoms in total. The molecule has 21 heavy (non-hydrogen) atoms. The van der Waals surface area contributed by atoms with Gasteiger partial charge in [0.2, 0.25) is 0 Å². The molecular weight excluding hydrogens is 274 g/mol. The van der Waals surface area contributed by atoms with Gasteiger partial charge in [-0.25, -0.2) is 4.79 Å². The smallest absolute Gasteiger partial charge is 0.407 e. The van der Waals surface area contributed by atoms with Crippen LogP contribution < -0.4 is 5.32 Å². The molecule has 0 radical (unpaired) electrons. The van der Waals surface area contributed by atoms with Gasteiger partial charge in [0.25, 0.3) is 5.91 Å². The molecule has 3 heterocycles. The quantitative estimate of drug-likeness (QED) is 0.909. The Labute approximate surface area is 122 Å². The first kappa shape index (κ1) is 13.9. The summed E-state index contributed by atoms with van der Waals surface area (Å²) in [5.74, 6) is 0.533. The summed E-state index contributed by atoms with van der Waals surface area (Å²) < 4.78 is 10.5. The number of hydrogen-bond donors (Lipinski definition) is 1. The third-order valence-electron chi connectivity index (χ3n) is 4.04. The predicted octanol–water partition coefficient (Wildman–Crippen LogP) is 1.34. The molecule has 2 aliphatic rings. The molecule has 7 heteroatoms. The Kier molecular flexibility index (Phi) is 3.57. The van der Waals surface area contributed by atoms with Gasteiger partial charge in [0, 0.05) is 13.0 Å². The first-order chi connectivity index (χ1) is 10.1. The van der Waals surface area contributed by atoms with Crippen molar-refractivity contribution < 1.29 is 18.8 Å². The molecule has 2 fully saturated rings. The van der Waals surface area contributed by atoms with Gasteiger partial charge in [-0.15, -0.1) is 0 Å². The molecule has 0 aliphatic carbocycles. The maximum Gasteiger partial charge on any atom is 0.407 e. The summed E-state index contributed by atoms with van der Waals surface area (Å²) in [5, 5.41) is 6.41. The Balaban J connectivity index is 1.75. The number of carbonyl (C=O) groups excluding carboxylic acids is 2. The Morgan fingerprint density at radius 3 is 3.14 bits per heavy atom. The van der Waals surface area contributed by atoms with E-state index in [1.54, 1.807) is 4.90 Å². The van der Waals surface area contributed by atoms with Crippen molar-refractivity contribution >= 4 is 12.0 Å². The molecule has 2 aliphatic heterocycles. The van der Waals surface area contributed by atoms with Gasteiger partial charge in [-0.1, -0.05) is 12.1 Å². The van der Waals surface area contributed by atoms with E-state index in [2.05, 4.69) is 10.5 Å². The highest BCUT2D eigenvalue weighted by Gasteiger charge is 2.45. The van der Waals surface area contributed by atoms with E-state index in [0.717, 1.165) is 19.3 Å². The Morgan fingerprint density at radius 1 is 1.57 bits per heavy atom. The maximum absolute atomic E-state index is 12.6. The normalized spacial score (nSPS) is 25.0. The predicted molar refractivity (Wildman–Crippen MR) is 72.9 cm³/mol. The Bertz CT molecular complexity index is 556. The standard InChI is InChI=1S/C14H19N3O4/c1-2-4-11-10(7-16-21-11)12(18)17-6-3-5-14(9-17)8-15-13(19)20-14/h7H,2-6,8-9H2,1H3,(H,15,19)/t14-/m1/s1. The summed E-state index contributed by atoms with van der Waals surface area (Å²) in [5.41, 5.74) is -0.0567. The van der Waals surface area contributed by atoms with Gasteiger partial charge in [-0.05, 0) is 19.3 Å². The zero-order valence-electron chi connectivity index (χ0n) is 12.1. The second-order valence-corrected chi connectivity index (χ2v) is 5.67. The first-order valence-corrected chi connectivity index (χ1v) is 7.33. The fourth-order valence-corrected chi connectivity index (χ4v) is 3.02. The number of carbonyl (C=O) groups is 2. The molecule has 0 aromatic carbocycles. The highest BCUT2D eigenvalue weighted by atomic mass is 16.6. The van der Waals surface area contributed by atoms with Crippen molar-refractivity contribution in [1.82, 2.24) is 15.4 Å². The van der Waals surface area contributed by atoms with Crippen molar-refractivity contribution in [3.8, 4) is 0 Å². The molecule has 2 amide bonds. The summed E-state index contributed by atoms with van der Waals surface area (Å²) in [7, 11) is 0. The minimum Gasteiger partial charge on any atom is -0.439 e. The molecule has 0 unspecified atom stereocenters. The van der Waals surface area contributed by atoms with E-state index in [9.17, 15) is 9.59 Å². The van der Waals surface area contributed by atoms with Crippen molar-refractivity contribution in [3.05, 3.63) is 17.5 Å². The third-order valence-corrected chi connectivity index (χ3v) is 4.04. The number of ether oxygens (including phenoxy) is 1. The minimum absolute atomic E-state index is 0.0956. The van der Waals surface area contributed by atoms with Crippen LogP contribution in [0.5, 0.6) is 0 Å². The van der Waals surface area contributed by atoms with E-state index in [4.69, 9.17) is 9.26 Å². The lowest BCUT2D eigenvalue weighted by atomic mass is 9.92. The van der Waals surface area contributed by atoms with Crippen LogP contribution in [-0.4, -0.2) is 47.3 Å². The molecule has 0 saturated carbocycles. The molecule has 1 spiro atoms. The van der Waals surface area contributed by atoms with Gasteiger partial charge in [-0.2, -0.15) is 0 Å². The zero-order valence-corrected chi connectivity index (χ0v) is 12.1. The van der Waals surface area contributed by atoms with Gasteiger partial charge in [0.15, 0.2) is 0 Å². The summed E-state index contributed by atoms with van der Waals surface area (Å²) >= 11 is 0. The van der Waals surface area contributed by atoms with E-state index < -0.39 is 11.7 Å². The van der Waals surface area contributed by atoms with Crippen LogP contribution in [0.2, 0.25) is 0 Å². The Hall–Kier alpha value is -2.05. The second-order valence-electron chi connectivity index (χ2n) is 5.67. The topological polar surface area (TPSA) is 84.7 Å². The Morgan fingerprint density at radius 2 is 2.43 bits per heavy atom. The fraction of sp³-hybridized carbons (Fsp3) is 0.643. The molecule has 1 aromatic rings. The van der Waals surface area contributed by atoms with Crippen LogP contribution in [0.25, 0.3) is 0 Å². The molecule has 114 valence electrons. The average Bonchev–Trinajstić information content (AvgIpc) is 3.06. The maximum atomic E-state index is 12.6. The highest BCUT2D eigenvalue weighted by Crippen LogP contribution is 2.29. The van der Waals surface area contributed by atoms with Crippen molar-refractivity contribution in [2.45, 2.75) is 38.2 Å². The average molecular weight is 293 g/mol. The fourth-order valence-electron chi connectivity index (χ4n) is 3.02. The first-order valence-electron chi connectivity index (χ1n) is 7.33. The molecule has 0 bridgehead atoms. The number of piperidine rings is 1. The van der Waals surface area contributed by atoms with Crippen molar-refractivity contribution in [1.29, 1.82) is 0 Å². The number of likely N-dealkylation sites (tertiary alicyclic amines) is 1. The number of hydrogen-bond acceptors (Lipinski definition) is 5. The molecule has 1 atom stereocenters. The molecule has 3 rings (SSSR count). The van der Waals surface area contributed by atoms with Crippen LogP contribution in [0, 0.1) is 0 Å². The lowest BCUT2D eigenvalue weighted by Gasteiger charge is -2.38. The minimum atomic E-state index is -0.576. The van der Waals surface area contributed by atoms with Gasteiger partial charge in [0.05, 0.1) is 19.3 Å². The lowest BCUT2D eigenvalue weighted by molar-refractivity contribution is -0.00512. The summed E-state index contributed by atoms with van der Waals surface area (Å²) in [6.07, 6.45) is 4.25. The van der Waals surface area contributed by atoms with E-state index >= 15 is 0 Å². The summed E-state index contributed by atoms with van der Waals surface area (Å²) in [6.45, 7) is 3.56. The molecule has 2 saturated heterocycles. The van der Waals surface area contributed by atoms with Crippen LogP contribution in [0.1, 0.15) is 42.3 Å². The summed E-state index contributed by atoms with van der Waals surface area (Å²) in [4.78, 5) is 25.7. The monoisotopic (exact) mass is 293 g/mol. The second kappa shape index (κ2) is 5.38. The lowest BCUT2D eigenvalue weighted by Crippen LogP contribution is -2.52. The number of nitrogens with one attached hydrogen (secondary N) is 1. The van der Waals surface area contributed by atoms with Gasteiger partial charge >= 0.3 is 6.09 Å². The van der Waals surface area contributed by atoms with Gasteiger partial charge in [-0.3, -0.25) is 4.79 Å². The van der Waals surface area contributed by atoms with Crippen LogP contribution >= 0.6 is 0 Å². The summed E-state index contributed by atoms with van der Waals surface area (Å²) in [6, 6.07) is 0. The number of nitrogens with zero attached hydrogens (tertiary/aromatic N) is 2. The van der Waals surface area contributed by atoms with E-state index in [1.165, 1.54) is 6.20 Å². The molecule has 1 N–H and O–H groups in total. The van der Waals surface area contributed by atoms with Crippen LogP contribution in [0.4, 0.5) is 4.79 Å². The zero-order chi connectivity index (χ0) is 14.9. The van der Waals surface area contributed by atoms with Crippen molar-refractivity contribution in [2.75, 3.05) is 19.6 Å². The number of amides is 2. The number of aryl methyl sites for hydroxylation is 1. The number of aromatic nitrogens is 1. The van der Waals surface area contributed by atoms with Gasteiger partial charge < -0.3 is 19.5 Å².